The van der Waals surface area contributed by atoms with Crippen LogP contribution >= 0.6 is 0 Å². The van der Waals surface area contributed by atoms with Gasteiger partial charge in [-0.1, -0.05) is 30.3 Å². The summed E-state index contributed by atoms with van der Waals surface area (Å²) in [4.78, 5) is 28.4. The van der Waals surface area contributed by atoms with Crippen LogP contribution in [0.25, 0.3) is 0 Å². The van der Waals surface area contributed by atoms with Gasteiger partial charge in [-0.15, -0.1) is 0 Å². The third-order valence-corrected chi connectivity index (χ3v) is 4.37. The Bertz CT molecular complexity index is 804. The van der Waals surface area contributed by atoms with E-state index in [0.29, 0.717) is 24.3 Å². The molecule has 0 aromatic heterocycles. The predicted octanol–water partition coefficient (Wildman–Crippen LogP) is 1.84. The van der Waals surface area contributed by atoms with Crippen LogP contribution in [-0.4, -0.2) is 47.8 Å². The standard InChI is InChI=1S/C20H20N4O2/c21-14-16-6-8-18(9-7-16)22-19(25)20(26)24-12-10-23(11-13-24)15-17-4-2-1-3-5-17/h1-9H,10-13,15H2,(H,22,25). The van der Waals surface area contributed by atoms with Gasteiger partial charge in [0, 0.05) is 38.4 Å². The van der Waals surface area contributed by atoms with Crippen molar-refractivity contribution < 1.29 is 9.59 Å². The van der Waals surface area contributed by atoms with E-state index in [1.54, 1.807) is 29.2 Å². The third kappa shape index (κ3) is 4.47. The van der Waals surface area contributed by atoms with E-state index < -0.39 is 11.8 Å². The van der Waals surface area contributed by atoms with E-state index in [1.165, 1.54) is 5.56 Å². The highest BCUT2D eigenvalue weighted by atomic mass is 16.2. The lowest BCUT2D eigenvalue weighted by molar-refractivity contribution is -0.144. The summed E-state index contributed by atoms with van der Waals surface area (Å²) in [7, 11) is 0. The molecule has 2 aromatic rings. The molecule has 0 bridgehead atoms. The summed E-state index contributed by atoms with van der Waals surface area (Å²) < 4.78 is 0. The fourth-order valence-corrected chi connectivity index (χ4v) is 2.91. The molecular formula is C20H20N4O2. The van der Waals surface area contributed by atoms with E-state index >= 15 is 0 Å². The summed E-state index contributed by atoms with van der Waals surface area (Å²) >= 11 is 0. The molecule has 132 valence electrons. The second-order valence-electron chi connectivity index (χ2n) is 6.20. The molecule has 0 atom stereocenters. The first-order valence-corrected chi connectivity index (χ1v) is 8.52. The van der Waals surface area contributed by atoms with Gasteiger partial charge in [-0.3, -0.25) is 14.5 Å². The number of anilines is 1. The van der Waals surface area contributed by atoms with Crippen molar-refractivity contribution >= 4 is 17.5 Å². The number of amides is 2. The van der Waals surface area contributed by atoms with Crippen LogP contribution in [0, 0.1) is 11.3 Å². The van der Waals surface area contributed by atoms with Gasteiger partial charge in [0.2, 0.25) is 0 Å². The Balaban J connectivity index is 1.49. The van der Waals surface area contributed by atoms with Gasteiger partial charge < -0.3 is 10.2 Å². The summed E-state index contributed by atoms with van der Waals surface area (Å²) in [5.74, 6) is -1.17. The second kappa shape index (κ2) is 8.28. The summed E-state index contributed by atoms with van der Waals surface area (Å²) in [5.41, 5.74) is 2.25. The van der Waals surface area contributed by atoms with Crippen molar-refractivity contribution in [2.24, 2.45) is 0 Å². The molecule has 0 spiro atoms. The van der Waals surface area contributed by atoms with E-state index in [-0.39, 0.29) is 0 Å². The number of carbonyl (C=O) groups excluding carboxylic acids is 2. The zero-order valence-corrected chi connectivity index (χ0v) is 14.4. The zero-order valence-electron chi connectivity index (χ0n) is 14.4. The molecule has 0 saturated carbocycles. The average molecular weight is 348 g/mol. The van der Waals surface area contributed by atoms with Gasteiger partial charge in [0.1, 0.15) is 0 Å². The van der Waals surface area contributed by atoms with Crippen LogP contribution in [-0.2, 0) is 16.1 Å². The molecule has 1 fully saturated rings. The first kappa shape index (κ1) is 17.6. The second-order valence-corrected chi connectivity index (χ2v) is 6.20. The molecule has 3 rings (SSSR count). The van der Waals surface area contributed by atoms with Crippen molar-refractivity contribution in [3.05, 3.63) is 65.7 Å². The molecule has 1 saturated heterocycles. The van der Waals surface area contributed by atoms with Gasteiger partial charge in [0.05, 0.1) is 11.6 Å². The number of hydrogen-bond acceptors (Lipinski definition) is 4. The molecule has 6 heteroatoms. The molecule has 6 nitrogen and oxygen atoms in total. The Labute approximate surface area is 152 Å². The number of carbonyl (C=O) groups is 2. The first-order chi connectivity index (χ1) is 12.7. The quantitative estimate of drug-likeness (QED) is 0.859. The van der Waals surface area contributed by atoms with E-state index in [1.807, 2.05) is 24.3 Å². The Morgan fingerprint density at radius 3 is 2.23 bits per heavy atom. The van der Waals surface area contributed by atoms with Crippen LogP contribution in [0.15, 0.2) is 54.6 Å². The maximum Gasteiger partial charge on any atom is 0.313 e. The monoisotopic (exact) mass is 348 g/mol. The van der Waals surface area contributed by atoms with Crippen molar-refractivity contribution in [1.29, 1.82) is 5.26 Å². The summed E-state index contributed by atoms with van der Waals surface area (Å²) in [6.07, 6.45) is 0. The predicted molar refractivity (Wildman–Crippen MR) is 98.1 cm³/mol. The Morgan fingerprint density at radius 1 is 0.962 bits per heavy atom. The SMILES string of the molecule is N#Cc1ccc(NC(=O)C(=O)N2CCN(Cc3ccccc3)CC2)cc1. The molecule has 1 aliphatic heterocycles. The molecule has 26 heavy (non-hydrogen) atoms. The van der Waals surface area contributed by atoms with Crippen LogP contribution < -0.4 is 5.32 Å². The topological polar surface area (TPSA) is 76.4 Å². The maximum atomic E-state index is 12.3. The lowest BCUT2D eigenvalue weighted by atomic mass is 10.2. The summed E-state index contributed by atoms with van der Waals surface area (Å²) in [6.45, 7) is 3.40. The van der Waals surface area contributed by atoms with Gasteiger partial charge in [0.15, 0.2) is 0 Å². The lowest BCUT2D eigenvalue weighted by Gasteiger charge is -2.34. The largest absolute Gasteiger partial charge is 0.332 e. The van der Waals surface area contributed by atoms with Crippen LogP contribution in [0.3, 0.4) is 0 Å². The molecule has 1 aliphatic rings. The number of benzene rings is 2. The first-order valence-electron chi connectivity index (χ1n) is 8.52. The summed E-state index contributed by atoms with van der Waals surface area (Å²) in [5, 5.41) is 11.4. The van der Waals surface area contributed by atoms with Crippen LogP contribution in [0.5, 0.6) is 0 Å². The highest BCUT2D eigenvalue weighted by Gasteiger charge is 2.26. The van der Waals surface area contributed by atoms with Gasteiger partial charge in [0.25, 0.3) is 0 Å². The van der Waals surface area contributed by atoms with Gasteiger partial charge in [-0.2, -0.15) is 5.26 Å². The normalized spacial score (nSPS) is 14.5. The van der Waals surface area contributed by atoms with Crippen molar-refractivity contribution in [2.45, 2.75) is 6.54 Å². The molecule has 0 aliphatic carbocycles. The van der Waals surface area contributed by atoms with Gasteiger partial charge >= 0.3 is 11.8 Å². The number of nitrogens with zero attached hydrogens (tertiary/aromatic N) is 3. The van der Waals surface area contributed by atoms with Crippen LogP contribution in [0.1, 0.15) is 11.1 Å². The van der Waals surface area contributed by atoms with Crippen molar-refractivity contribution in [3.8, 4) is 6.07 Å². The zero-order chi connectivity index (χ0) is 18.4. The van der Waals surface area contributed by atoms with Crippen molar-refractivity contribution in [1.82, 2.24) is 9.80 Å². The molecule has 0 unspecified atom stereocenters. The average Bonchev–Trinajstić information content (AvgIpc) is 2.69. The lowest BCUT2D eigenvalue weighted by Crippen LogP contribution is -2.51. The van der Waals surface area contributed by atoms with Crippen molar-refractivity contribution in [3.63, 3.8) is 0 Å². The third-order valence-electron chi connectivity index (χ3n) is 4.37. The highest BCUT2D eigenvalue weighted by molar-refractivity contribution is 6.39. The molecular weight excluding hydrogens is 328 g/mol. The van der Waals surface area contributed by atoms with Crippen molar-refractivity contribution in [2.75, 3.05) is 31.5 Å². The molecule has 2 aromatic carbocycles. The fraction of sp³-hybridized carbons (Fsp3) is 0.250. The Kier molecular flexibility index (Phi) is 5.62. The minimum atomic E-state index is -0.647. The van der Waals surface area contributed by atoms with Crippen LogP contribution in [0.4, 0.5) is 5.69 Å². The number of rotatable bonds is 3. The summed E-state index contributed by atoms with van der Waals surface area (Å²) in [6, 6.07) is 18.6. The molecule has 1 heterocycles. The maximum absolute atomic E-state index is 12.3. The van der Waals surface area contributed by atoms with E-state index in [0.717, 1.165) is 19.6 Å². The Hall–Kier alpha value is -3.17. The molecule has 1 N–H and O–H groups in total. The number of hydrogen-bond donors (Lipinski definition) is 1. The van der Waals surface area contributed by atoms with E-state index in [9.17, 15) is 9.59 Å². The Morgan fingerprint density at radius 2 is 1.62 bits per heavy atom. The van der Waals surface area contributed by atoms with E-state index in [4.69, 9.17) is 5.26 Å². The minimum absolute atomic E-state index is 0.504. The minimum Gasteiger partial charge on any atom is -0.332 e. The molecule has 2 amide bonds. The number of nitriles is 1. The fourth-order valence-electron chi connectivity index (χ4n) is 2.91. The van der Waals surface area contributed by atoms with E-state index in [2.05, 4.69) is 22.3 Å². The number of nitrogens with one attached hydrogen (secondary N) is 1. The smallest absolute Gasteiger partial charge is 0.313 e. The number of piperazine rings is 1. The van der Waals surface area contributed by atoms with Crippen LogP contribution in [0.2, 0.25) is 0 Å². The highest BCUT2D eigenvalue weighted by Crippen LogP contribution is 2.11. The van der Waals surface area contributed by atoms with Gasteiger partial charge in [-0.05, 0) is 29.8 Å². The van der Waals surface area contributed by atoms with Gasteiger partial charge in [-0.25, -0.2) is 0 Å². The molecule has 0 radical (unpaired) electrons.